The third-order valence-electron chi connectivity index (χ3n) is 8.65. The molecule has 1 heterocycles. The van der Waals surface area contributed by atoms with E-state index < -0.39 is 0 Å². The van der Waals surface area contributed by atoms with Gasteiger partial charge in [0.1, 0.15) is 0 Å². The molecule has 1 saturated heterocycles. The molecule has 0 aromatic rings. The van der Waals surface area contributed by atoms with Crippen molar-refractivity contribution in [2.45, 2.75) is 89.4 Å². The molecule has 0 amide bonds. The van der Waals surface area contributed by atoms with E-state index in [0.717, 1.165) is 41.4 Å². The highest BCUT2D eigenvalue weighted by atomic mass is 16.6. The highest BCUT2D eigenvalue weighted by Gasteiger charge is 2.61. The fourth-order valence-electron chi connectivity index (χ4n) is 7.40. The van der Waals surface area contributed by atoms with Crippen molar-refractivity contribution in [3.05, 3.63) is 0 Å². The zero-order chi connectivity index (χ0) is 15.6. The van der Waals surface area contributed by atoms with E-state index in [2.05, 4.69) is 6.92 Å². The number of hydrogen-bond donors (Lipinski definition) is 1. The lowest BCUT2D eigenvalue weighted by atomic mass is 9.54. The fraction of sp³-hybridized carbons (Fsp3) is 1.00. The fourth-order valence-corrected chi connectivity index (χ4v) is 7.40. The van der Waals surface area contributed by atoms with E-state index >= 15 is 0 Å². The normalized spacial score (nSPS) is 58.7. The van der Waals surface area contributed by atoms with Crippen molar-refractivity contribution in [2.75, 3.05) is 0 Å². The molecule has 0 radical (unpaired) electrons. The van der Waals surface area contributed by atoms with E-state index in [1.165, 1.54) is 64.2 Å². The van der Waals surface area contributed by atoms with Gasteiger partial charge in [-0.25, -0.2) is 0 Å². The first-order valence-electron chi connectivity index (χ1n) is 10.6. The average Bonchev–Trinajstić information content (AvgIpc) is 3.36. The predicted molar refractivity (Wildman–Crippen MR) is 92.9 cm³/mol. The zero-order valence-electron chi connectivity index (χ0n) is 14.8. The van der Waals surface area contributed by atoms with Crippen LogP contribution in [-0.4, -0.2) is 18.2 Å². The maximum Gasteiger partial charge on any atom is 0.0875 e. The first-order chi connectivity index (χ1) is 11.2. The van der Waals surface area contributed by atoms with Gasteiger partial charge in [0.25, 0.3) is 0 Å². The maximum atomic E-state index is 6.30. The number of rotatable bonds is 1. The molecule has 2 heteroatoms. The van der Waals surface area contributed by atoms with E-state index in [4.69, 9.17) is 10.5 Å². The number of nitrogens with two attached hydrogens (primary N) is 1. The van der Waals surface area contributed by atoms with Crippen LogP contribution >= 0.6 is 0 Å². The van der Waals surface area contributed by atoms with Crippen molar-refractivity contribution >= 4 is 0 Å². The Morgan fingerprint density at radius 1 is 0.652 bits per heavy atom. The van der Waals surface area contributed by atoms with Gasteiger partial charge < -0.3 is 10.5 Å². The molecule has 1 aliphatic heterocycles. The number of epoxide rings is 1. The average molecular weight is 318 g/mol. The third-order valence-corrected chi connectivity index (χ3v) is 8.65. The van der Waals surface area contributed by atoms with Gasteiger partial charge in [0, 0.05) is 6.04 Å². The van der Waals surface area contributed by atoms with Gasteiger partial charge in [0.2, 0.25) is 0 Å². The molecule has 0 aromatic carbocycles. The largest absolute Gasteiger partial charge is 0.369 e. The molecular formula is C21H35NO. The van der Waals surface area contributed by atoms with Crippen molar-refractivity contribution in [1.82, 2.24) is 0 Å². The van der Waals surface area contributed by atoms with Crippen LogP contribution < -0.4 is 5.73 Å². The standard InChI is InChI=1S/C21H35NO/c1-12-2-8-16-17-9-5-14(13-3-6-15(22)7-4-13)11-19(17)21-20(23-21)18(16)10-12/h12-21H,2-11,22H2,1H3. The first kappa shape index (κ1) is 15.2. The molecule has 5 aliphatic rings. The molecular weight excluding hydrogens is 282 g/mol. The Hall–Kier alpha value is -0.0800. The summed E-state index contributed by atoms with van der Waals surface area (Å²) in [5.41, 5.74) is 6.13. The lowest BCUT2D eigenvalue weighted by molar-refractivity contribution is 0.00662. The van der Waals surface area contributed by atoms with Crippen molar-refractivity contribution < 1.29 is 4.74 Å². The quantitative estimate of drug-likeness (QED) is 0.729. The molecule has 5 fully saturated rings. The summed E-state index contributed by atoms with van der Waals surface area (Å²) in [7, 11) is 0. The maximum absolute atomic E-state index is 6.30. The molecule has 5 rings (SSSR count). The van der Waals surface area contributed by atoms with Gasteiger partial charge >= 0.3 is 0 Å². The van der Waals surface area contributed by atoms with Gasteiger partial charge in [-0.05, 0) is 99.2 Å². The monoisotopic (exact) mass is 317 g/mol. The number of ether oxygens (including phenoxy) is 1. The van der Waals surface area contributed by atoms with Crippen molar-refractivity contribution in [2.24, 2.45) is 47.2 Å². The smallest absolute Gasteiger partial charge is 0.0875 e. The van der Waals surface area contributed by atoms with Crippen LogP contribution in [0, 0.1) is 41.4 Å². The van der Waals surface area contributed by atoms with Gasteiger partial charge in [-0.2, -0.15) is 0 Å². The summed E-state index contributed by atoms with van der Waals surface area (Å²) >= 11 is 0. The van der Waals surface area contributed by atoms with Crippen LogP contribution in [0.3, 0.4) is 0 Å². The summed E-state index contributed by atoms with van der Waals surface area (Å²) in [5.74, 6) is 6.79. The second-order valence-corrected chi connectivity index (χ2v) is 9.89. The first-order valence-corrected chi connectivity index (χ1v) is 10.6. The molecule has 0 aromatic heterocycles. The molecule has 0 spiro atoms. The topological polar surface area (TPSA) is 38.5 Å². The van der Waals surface area contributed by atoms with Crippen LogP contribution in [0.15, 0.2) is 0 Å². The van der Waals surface area contributed by atoms with E-state index in [-0.39, 0.29) is 0 Å². The Kier molecular flexibility index (Phi) is 3.79. The molecule has 130 valence electrons. The summed E-state index contributed by atoms with van der Waals surface area (Å²) in [5, 5.41) is 0. The summed E-state index contributed by atoms with van der Waals surface area (Å²) in [4.78, 5) is 0. The lowest BCUT2D eigenvalue weighted by Gasteiger charge is -2.49. The molecule has 2 N–H and O–H groups in total. The minimum Gasteiger partial charge on any atom is -0.369 e. The Bertz CT molecular complexity index is 443. The number of hydrogen-bond acceptors (Lipinski definition) is 2. The second kappa shape index (κ2) is 5.73. The van der Waals surface area contributed by atoms with Crippen molar-refractivity contribution in [1.29, 1.82) is 0 Å². The van der Waals surface area contributed by atoms with E-state index in [1.54, 1.807) is 0 Å². The summed E-state index contributed by atoms with van der Waals surface area (Å²) in [6, 6.07) is 0.499. The molecule has 8 atom stereocenters. The lowest BCUT2D eigenvalue weighted by Crippen LogP contribution is -2.46. The van der Waals surface area contributed by atoms with Crippen LogP contribution in [0.5, 0.6) is 0 Å². The highest BCUT2D eigenvalue weighted by molar-refractivity contribution is 5.09. The van der Waals surface area contributed by atoms with E-state index in [0.29, 0.717) is 18.2 Å². The molecule has 8 unspecified atom stereocenters. The van der Waals surface area contributed by atoms with Crippen molar-refractivity contribution in [3.8, 4) is 0 Å². The second-order valence-electron chi connectivity index (χ2n) is 9.89. The Balaban J connectivity index is 1.28. The van der Waals surface area contributed by atoms with Gasteiger partial charge in [-0.15, -0.1) is 0 Å². The molecule has 4 aliphatic carbocycles. The van der Waals surface area contributed by atoms with Crippen molar-refractivity contribution in [3.63, 3.8) is 0 Å². The minimum absolute atomic E-state index is 0.499. The minimum atomic E-state index is 0.499. The third kappa shape index (κ3) is 2.59. The van der Waals surface area contributed by atoms with Gasteiger partial charge in [-0.3, -0.25) is 0 Å². The van der Waals surface area contributed by atoms with Crippen LogP contribution in [-0.2, 0) is 4.74 Å². The molecule has 0 bridgehead atoms. The van der Waals surface area contributed by atoms with Crippen LogP contribution in [0.2, 0.25) is 0 Å². The van der Waals surface area contributed by atoms with E-state index in [9.17, 15) is 0 Å². The Morgan fingerprint density at radius 3 is 2.00 bits per heavy atom. The van der Waals surface area contributed by atoms with Crippen LogP contribution in [0.4, 0.5) is 0 Å². The zero-order valence-corrected chi connectivity index (χ0v) is 14.8. The highest BCUT2D eigenvalue weighted by Crippen LogP contribution is 2.60. The van der Waals surface area contributed by atoms with E-state index in [1.807, 2.05) is 0 Å². The van der Waals surface area contributed by atoms with Crippen LogP contribution in [0.1, 0.15) is 71.1 Å². The number of fused-ring (bicyclic) bond motifs is 6. The summed E-state index contributed by atoms with van der Waals surface area (Å²) in [6.07, 6.45) is 15.7. The molecule has 4 saturated carbocycles. The predicted octanol–water partition coefficient (Wildman–Crippen LogP) is 4.37. The van der Waals surface area contributed by atoms with Gasteiger partial charge in [0.05, 0.1) is 12.2 Å². The Labute approximate surface area is 141 Å². The molecule has 2 nitrogen and oxygen atoms in total. The summed E-state index contributed by atoms with van der Waals surface area (Å²) in [6.45, 7) is 2.46. The summed E-state index contributed by atoms with van der Waals surface area (Å²) < 4.78 is 6.30. The van der Waals surface area contributed by atoms with Crippen LogP contribution in [0.25, 0.3) is 0 Å². The molecule has 23 heavy (non-hydrogen) atoms. The SMILES string of the molecule is CC1CCC2C3CCC(C4CCC(N)CC4)CC3C3OC3C2C1. The van der Waals surface area contributed by atoms with Gasteiger partial charge in [0.15, 0.2) is 0 Å². The van der Waals surface area contributed by atoms with Gasteiger partial charge in [-0.1, -0.05) is 13.3 Å². The Morgan fingerprint density at radius 2 is 1.26 bits per heavy atom.